The maximum Gasteiger partial charge on any atom is 0.274 e. The Morgan fingerprint density at radius 3 is 2.14 bits per heavy atom. The standard InChI is InChI=1S/C22H23N5O2/c1-15(28)24-17-5-4-6-18(13-17)25-19-9-12-21(23-14-19)22(29)26-16-7-10-20(11-8-16)27(2)3/h4-14,25H,1-3H3,(H,24,28)(H,26,29). The number of nitrogens with one attached hydrogen (secondary N) is 3. The van der Waals surface area contributed by atoms with E-state index in [1.54, 1.807) is 18.3 Å². The Kier molecular flexibility index (Phi) is 6.09. The van der Waals surface area contributed by atoms with E-state index >= 15 is 0 Å². The lowest BCUT2D eigenvalue weighted by atomic mass is 10.2. The Morgan fingerprint density at radius 2 is 1.52 bits per heavy atom. The highest BCUT2D eigenvalue weighted by Gasteiger charge is 2.08. The number of anilines is 5. The fourth-order valence-electron chi connectivity index (χ4n) is 2.68. The highest BCUT2D eigenvalue weighted by Crippen LogP contribution is 2.20. The van der Waals surface area contributed by atoms with Crippen LogP contribution in [0.15, 0.2) is 66.9 Å². The molecule has 0 fully saturated rings. The second-order valence-electron chi connectivity index (χ2n) is 6.71. The van der Waals surface area contributed by atoms with Gasteiger partial charge in [-0.2, -0.15) is 0 Å². The van der Waals surface area contributed by atoms with Crippen LogP contribution < -0.4 is 20.9 Å². The van der Waals surface area contributed by atoms with Crippen molar-refractivity contribution in [1.29, 1.82) is 0 Å². The number of hydrogen-bond acceptors (Lipinski definition) is 5. The van der Waals surface area contributed by atoms with Crippen molar-refractivity contribution in [2.24, 2.45) is 0 Å². The van der Waals surface area contributed by atoms with Crippen LogP contribution in [0.1, 0.15) is 17.4 Å². The number of amides is 2. The second-order valence-corrected chi connectivity index (χ2v) is 6.71. The molecule has 0 radical (unpaired) electrons. The largest absolute Gasteiger partial charge is 0.378 e. The van der Waals surface area contributed by atoms with Crippen LogP contribution in [0.3, 0.4) is 0 Å². The molecule has 0 aliphatic heterocycles. The summed E-state index contributed by atoms with van der Waals surface area (Å²) in [4.78, 5) is 29.8. The van der Waals surface area contributed by atoms with E-state index in [1.165, 1.54) is 6.92 Å². The summed E-state index contributed by atoms with van der Waals surface area (Å²) in [5, 5.41) is 8.78. The summed E-state index contributed by atoms with van der Waals surface area (Å²) >= 11 is 0. The molecular weight excluding hydrogens is 366 g/mol. The first-order valence-corrected chi connectivity index (χ1v) is 9.10. The SMILES string of the molecule is CC(=O)Nc1cccc(Nc2ccc(C(=O)Nc3ccc(N(C)C)cc3)nc2)c1. The molecule has 0 unspecified atom stereocenters. The van der Waals surface area contributed by atoms with Crippen molar-refractivity contribution in [3.05, 3.63) is 72.6 Å². The minimum atomic E-state index is -0.276. The van der Waals surface area contributed by atoms with E-state index in [2.05, 4.69) is 20.9 Å². The molecule has 0 atom stereocenters. The maximum atomic E-state index is 12.4. The van der Waals surface area contributed by atoms with Crippen molar-refractivity contribution in [3.8, 4) is 0 Å². The number of carbonyl (C=O) groups excluding carboxylic acids is 2. The van der Waals surface area contributed by atoms with Gasteiger partial charge in [-0.05, 0) is 54.6 Å². The summed E-state index contributed by atoms with van der Waals surface area (Å²) in [5.41, 5.74) is 4.32. The fourth-order valence-corrected chi connectivity index (χ4v) is 2.68. The molecule has 148 valence electrons. The lowest BCUT2D eigenvalue weighted by Crippen LogP contribution is -2.14. The first kappa shape index (κ1) is 19.9. The maximum absolute atomic E-state index is 12.4. The first-order valence-electron chi connectivity index (χ1n) is 9.10. The Labute approximate surface area is 169 Å². The van der Waals surface area contributed by atoms with Crippen molar-refractivity contribution < 1.29 is 9.59 Å². The van der Waals surface area contributed by atoms with Crippen LogP contribution in [-0.4, -0.2) is 30.9 Å². The van der Waals surface area contributed by atoms with Gasteiger partial charge in [-0.25, -0.2) is 4.98 Å². The van der Waals surface area contributed by atoms with Crippen molar-refractivity contribution in [2.75, 3.05) is 34.9 Å². The molecule has 0 aliphatic carbocycles. The number of aromatic nitrogens is 1. The predicted octanol–water partition coefficient (Wildman–Crippen LogP) is 4.10. The summed E-state index contributed by atoms with van der Waals surface area (Å²) in [6.07, 6.45) is 1.59. The van der Waals surface area contributed by atoms with Crippen LogP contribution in [0.25, 0.3) is 0 Å². The predicted molar refractivity (Wildman–Crippen MR) is 117 cm³/mol. The minimum absolute atomic E-state index is 0.129. The highest BCUT2D eigenvalue weighted by atomic mass is 16.2. The second kappa shape index (κ2) is 8.88. The van der Waals surface area contributed by atoms with Gasteiger partial charge in [0.1, 0.15) is 5.69 Å². The van der Waals surface area contributed by atoms with E-state index < -0.39 is 0 Å². The molecule has 7 nitrogen and oxygen atoms in total. The normalized spacial score (nSPS) is 10.2. The highest BCUT2D eigenvalue weighted by molar-refractivity contribution is 6.03. The van der Waals surface area contributed by atoms with Crippen LogP contribution >= 0.6 is 0 Å². The number of hydrogen-bond donors (Lipinski definition) is 3. The lowest BCUT2D eigenvalue weighted by Gasteiger charge is -2.13. The third-order valence-corrected chi connectivity index (χ3v) is 4.11. The van der Waals surface area contributed by atoms with Gasteiger partial charge in [0.25, 0.3) is 5.91 Å². The topological polar surface area (TPSA) is 86.4 Å². The van der Waals surface area contributed by atoms with Gasteiger partial charge >= 0.3 is 0 Å². The zero-order valence-corrected chi connectivity index (χ0v) is 16.6. The van der Waals surface area contributed by atoms with Crippen molar-refractivity contribution in [1.82, 2.24) is 4.98 Å². The van der Waals surface area contributed by atoms with E-state index in [0.717, 1.165) is 17.1 Å². The molecule has 0 spiro atoms. The number of pyridine rings is 1. The van der Waals surface area contributed by atoms with Gasteiger partial charge in [0, 0.05) is 43.8 Å². The van der Waals surface area contributed by atoms with Gasteiger partial charge in [0.2, 0.25) is 5.91 Å². The molecule has 3 rings (SSSR count). The van der Waals surface area contributed by atoms with Gasteiger partial charge < -0.3 is 20.9 Å². The van der Waals surface area contributed by atoms with Gasteiger partial charge in [0.15, 0.2) is 0 Å². The molecule has 1 heterocycles. The zero-order chi connectivity index (χ0) is 20.8. The summed E-state index contributed by atoms with van der Waals surface area (Å²) < 4.78 is 0. The van der Waals surface area contributed by atoms with E-state index in [9.17, 15) is 9.59 Å². The van der Waals surface area contributed by atoms with E-state index in [1.807, 2.05) is 67.5 Å². The van der Waals surface area contributed by atoms with Crippen LogP contribution in [0.5, 0.6) is 0 Å². The van der Waals surface area contributed by atoms with Crippen LogP contribution in [0.4, 0.5) is 28.4 Å². The Hall–Kier alpha value is -3.87. The monoisotopic (exact) mass is 389 g/mol. The molecule has 0 saturated heterocycles. The third-order valence-electron chi connectivity index (χ3n) is 4.11. The van der Waals surface area contributed by atoms with Gasteiger partial charge in [-0.3, -0.25) is 9.59 Å². The third kappa shape index (κ3) is 5.55. The number of rotatable bonds is 6. The van der Waals surface area contributed by atoms with Crippen LogP contribution in [-0.2, 0) is 4.79 Å². The Bertz CT molecular complexity index is 998. The summed E-state index contributed by atoms with van der Waals surface area (Å²) in [6.45, 7) is 1.46. The zero-order valence-electron chi connectivity index (χ0n) is 16.6. The molecule has 7 heteroatoms. The van der Waals surface area contributed by atoms with Gasteiger partial charge in [-0.1, -0.05) is 6.07 Å². The molecule has 0 saturated carbocycles. The average Bonchev–Trinajstić information content (AvgIpc) is 2.68. The molecule has 3 N–H and O–H groups in total. The molecule has 0 aliphatic rings. The quantitative estimate of drug-likeness (QED) is 0.591. The van der Waals surface area contributed by atoms with Crippen LogP contribution in [0.2, 0.25) is 0 Å². The molecule has 2 aromatic carbocycles. The average molecular weight is 389 g/mol. The van der Waals surface area contributed by atoms with Crippen molar-refractivity contribution in [3.63, 3.8) is 0 Å². The Morgan fingerprint density at radius 1 is 0.828 bits per heavy atom. The van der Waals surface area contributed by atoms with Gasteiger partial charge in [-0.15, -0.1) is 0 Å². The summed E-state index contributed by atoms with van der Waals surface area (Å²) in [5.74, 6) is -0.405. The summed E-state index contributed by atoms with van der Waals surface area (Å²) in [7, 11) is 3.92. The fraction of sp³-hybridized carbons (Fsp3) is 0.136. The lowest BCUT2D eigenvalue weighted by molar-refractivity contribution is -0.114. The Balaban J connectivity index is 1.63. The van der Waals surface area contributed by atoms with Crippen molar-refractivity contribution in [2.45, 2.75) is 6.92 Å². The molecule has 1 aromatic heterocycles. The molecule has 2 amide bonds. The summed E-state index contributed by atoms with van der Waals surface area (Å²) in [6, 6.07) is 18.4. The molecule has 3 aromatic rings. The van der Waals surface area contributed by atoms with E-state index in [0.29, 0.717) is 17.1 Å². The number of benzene rings is 2. The van der Waals surface area contributed by atoms with E-state index in [-0.39, 0.29) is 11.8 Å². The first-order chi connectivity index (χ1) is 13.9. The number of carbonyl (C=O) groups is 2. The van der Waals surface area contributed by atoms with Crippen LogP contribution in [0, 0.1) is 0 Å². The van der Waals surface area contributed by atoms with Crippen molar-refractivity contribution >= 4 is 40.3 Å². The molecule has 0 bridgehead atoms. The number of nitrogens with zero attached hydrogens (tertiary/aromatic N) is 2. The molecule has 29 heavy (non-hydrogen) atoms. The van der Waals surface area contributed by atoms with E-state index in [4.69, 9.17) is 0 Å². The molecular formula is C22H23N5O2. The van der Waals surface area contributed by atoms with Gasteiger partial charge in [0.05, 0.1) is 11.9 Å². The minimum Gasteiger partial charge on any atom is -0.378 e. The smallest absolute Gasteiger partial charge is 0.274 e.